The molecule has 1 amide bonds. The van der Waals surface area contributed by atoms with Crippen molar-refractivity contribution in [2.24, 2.45) is 4.99 Å². The van der Waals surface area contributed by atoms with Crippen LogP contribution < -0.4 is 4.90 Å². The molecule has 138 valence electrons. The Labute approximate surface area is 168 Å². The molecule has 0 aliphatic carbocycles. The maximum absolute atomic E-state index is 12.3. The Hall–Kier alpha value is -2.24. The van der Waals surface area contributed by atoms with Crippen molar-refractivity contribution in [3.63, 3.8) is 0 Å². The summed E-state index contributed by atoms with van der Waals surface area (Å²) in [7, 11) is 0. The number of carbonyl (C=O) groups excluding carboxylic acids is 1. The molecule has 2 aromatic rings. The molecule has 0 bridgehead atoms. The number of hydrogen-bond donors (Lipinski definition) is 0. The number of piperazine rings is 1. The van der Waals surface area contributed by atoms with E-state index in [1.165, 1.54) is 23.0 Å². The molecule has 4 rings (SSSR count). The van der Waals surface area contributed by atoms with Crippen LogP contribution in [0, 0.1) is 6.92 Å². The molecular weight excluding hydrogens is 378 g/mol. The van der Waals surface area contributed by atoms with Crippen LogP contribution in [0.5, 0.6) is 0 Å². The van der Waals surface area contributed by atoms with Crippen LogP contribution in [0.2, 0.25) is 5.02 Å². The second kappa shape index (κ2) is 7.79. The first-order chi connectivity index (χ1) is 13.1. The van der Waals surface area contributed by atoms with E-state index in [-0.39, 0.29) is 5.91 Å². The average molecular weight is 398 g/mol. The lowest BCUT2D eigenvalue weighted by atomic mass is 10.2. The molecule has 1 saturated heterocycles. The minimum atomic E-state index is -0.184. The third kappa shape index (κ3) is 4.04. The first-order valence-electron chi connectivity index (χ1n) is 8.94. The molecule has 2 aliphatic rings. The van der Waals surface area contributed by atoms with Gasteiger partial charge in [-0.15, -0.1) is 0 Å². The first-order valence-corrected chi connectivity index (χ1v) is 10.1. The van der Waals surface area contributed by atoms with E-state index in [4.69, 9.17) is 11.6 Å². The monoisotopic (exact) mass is 397 g/mol. The third-order valence-electron chi connectivity index (χ3n) is 4.72. The lowest BCUT2D eigenvalue weighted by molar-refractivity contribution is -0.113. The van der Waals surface area contributed by atoms with Gasteiger partial charge in [-0.2, -0.15) is 4.99 Å². The van der Waals surface area contributed by atoms with Gasteiger partial charge in [0.25, 0.3) is 5.91 Å². The first kappa shape index (κ1) is 18.1. The topological polar surface area (TPSA) is 35.9 Å². The summed E-state index contributed by atoms with van der Waals surface area (Å²) >= 11 is 7.64. The Morgan fingerprint density at radius 2 is 1.78 bits per heavy atom. The molecule has 1 fully saturated rings. The molecule has 0 atom stereocenters. The van der Waals surface area contributed by atoms with Gasteiger partial charge in [-0.05, 0) is 54.1 Å². The van der Waals surface area contributed by atoms with Gasteiger partial charge in [0.15, 0.2) is 5.17 Å². The summed E-state index contributed by atoms with van der Waals surface area (Å²) in [5, 5.41) is 1.43. The number of amidine groups is 1. The van der Waals surface area contributed by atoms with Crippen LogP contribution in [0.25, 0.3) is 6.08 Å². The maximum Gasteiger partial charge on any atom is 0.286 e. The molecule has 0 N–H and O–H groups in total. The van der Waals surface area contributed by atoms with Gasteiger partial charge in [-0.3, -0.25) is 4.79 Å². The fourth-order valence-corrected chi connectivity index (χ4v) is 4.39. The van der Waals surface area contributed by atoms with Crippen molar-refractivity contribution < 1.29 is 4.79 Å². The van der Waals surface area contributed by atoms with Gasteiger partial charge in [-0.25, -0.2) is 0 Å². The van der Waals surface area contributed by atoms with Crippen LogP contribution in [0.1, 0.15) is 11.1 Å². The number of aryl methyl sites for hydroxylation is 1. The predicted molar refractivity (Wildman–Crippen MR) is 114 cm³/mol. The molecule has 2 aliphatic heterocycles. The molecule has 0 spiro atoms. The van der Waals surface area contributed by atoms with Crippen LogP contribution >= 0.6 is 23.4 Å². The Morgan fingerprint density at radius 3 is 2.52 bits per heavy atom. The third-order valence-corrected chi connectivity index (χ3v) is 6.11. The number of hydrogen-bond acceptors (Lipinski definition) is 4. The molecule has 6 heteroatoms. The molecule has 2 heterocycles. The lowest BCUT2D eigenvalue weighted by Gasteiger charge is -2.36. The predicted octanol–water partition coefficient (Wildman–Crippen LogP) is 4.44. The van der Waals surface area contributed by atoms with E-state index < -0.39 is 0 Å². The van der Waals surface area contributed by atoms with Crippen LogP contribution in [-0.2, 0) is 4.79 Å². The summed E-state index contributed by atoms with van der Waals surface area (Å²) in [5.41, 5.74) is 3.37. The molecule has 0 radical (unpaired) electrons. The van der Waals surface area contributed by atoms with Gasteiger partial charge in [-0.1, -0.05) is 41.9 Å². The molecule has 2 aromatic carbocycles. The maximum atomic E-state index is 12.3. The standard InChI is InChI=1S/C21H20ClN3OS/c1-15-5-4-7-17(13-15)24-9-11-25(12-10-24)21-23-20(26)19(27-21)14-16-6-2-3-8-18(16)22/h2-8,13-14H,9-12H2,1H3/b19-14+. The van der Waals surface area contributed by atoms with Crippen molar-refractivity contribution >= 4 is 46.2 Å². The fourth-order valence-electron chi connectivity index (χ4n) is 3.25. The molecular formula is C21H20ClN3OS. The lowest BCUT2D eigenvalue weighted by Crippen LogP contribution is -2.47. The number of benzene rings is 2. The summed E-state index contributed by atoms with van der Waals surface area (Å²) < 4.78 is 0. The van der Waals surface area contributed by atoms with E-state index >= 15 is 0 Å². The Bertz CT molecular complexity index is 933. The van der Waals surface area contributed by atoms with Crippen molar-refractivity contribution in [1.82, 2.24) is 4.90 Å². The summed E-state index contributed by atoms with van der Waals surface area (Å²) in [6.07, 6.45) is 1.83. The highest BCUT2D eigenvalue weighted by Gasteiger charge is 2.28. The molecule has 0 unspecified atom stereocenters. The van der Waals surface area contributed by atoms with Gasteiger partial charge >= 0.3 is 0 Å². The van der Waals surface area contributed by atoms with E-state index in [9.17, 15) is 4.79 Å². The number of thioether (sulfide) groups is 1. The van der Waals surface area contributed by atoms with Crippen molar-refractivity contribution in [3.05, 3.63) is 69.6 Å². The minimum absolute atomic E-state index is 0.184. The molecule has 0 saturated carbocycles. The highest BCUT2D eigenvalue weighted by atomic mass is 35.5. The minimum Gasteiger partial charge on any atom is -0.368 e. The van der Waals surface area contributed by atoms with Crippen LogP contribution in [-0.4, -0.2) is 42.2 Å². The summed E-state index contributed by atoms with van der Waals surface area (Å²) in [4.78, 5) is 21.8. The Balaban J connectivity index is 1.42. The van der Waals surface area contributed by atoms with Gasteiger partial charge in [0.2, 0.25) is 0 Å². The van der Waals surface area contributed by atoms with Crippen molar-refractivity contribution in [2.75, 3.05) is 31.1 Å². The molecule has 0 aromatic heterocycles. The normalized spacial score (nSPS) is 19.0. The number of carbonyl (C=O) groups is 1. The van der Waals surface area contributed by atoms with Crippen LogP contribution in [0.4, 0.5) is 5.69 Å². The van der Waals surface area contributed by atoms with E-state index in [1.807, 2.05) is 30.3 Å². The Morgan fingerprint density at radius 1 is 1.04 bits per heavy atom. The second-order valence-electron chi connectivity index (χ2n) is 6.64. The van der Waals surface area contributed by atoms with Crippen molar-refractivity contribution in [3.8, 4) is 0 Å². The summed E-state index contributed by atoms with van der Waals surface area (Å²) in [6.45, 7) is 5.66. The number of halogens is 1. The van der Waals surface area contributed by atoms with Crippen LogP contribution in [0.15, 0.2) is 58.4 Å². The van der Waals surface area contributed by atoms with Gasteiger partial charge in [0.1, 0.15) is 0 Å². The van der Waals surface area contributed by atoms with E-state index in [1.54, 1.807) is 0 Å². The number of aliphatic imine (C=N–C) groups is 1. The van der Waals surface area contributed by atoms with E-state index in [0.717, 1.165) is 36.9 Å². The van der Waals surface area contributed by atoms with Gasteiger partial charge in [0.05, 0.1) is 4.91 Å². The summed E-state index contributed by atoms with van der Waals surface area (Å²) in [5.74, 6) is -0.184. The van der Waals surface area contributed by atoms with Gasteiger partial charge < -0.3 is 9.80 Å². The number of nitrogens with zero attached hydrogens (tertiary/aromatic N) is 3. The smallest absolute Gasteiger partial charge is 0.286 e. The zero-order valence-corrected chi connectivity index (χ0v) is 16.6. The highest BCUT2D eigenvalue weighted by Crippen LogP contribution is 2.32. The SMILES string of the molecule is Cc1cccc(N2CCN(C3=NC(=O)/C(=C\c4ccccc4Cl)S3)CC2)c1. The average Bonchev–Trinajstić information content (AvgIpc) is 3.04. The second-order valence-corrected chi connectivity index (χ2v) is 8.06. The Kier molecular flexibility index (Phi) is 5.23. The zero-order valence-electron chi connectivity index (χ0n) is 15.1. The van der Waals surface area contributed by atoms with E-state index in [2.05, 4.69) is 46.0 Å². The molecule has 27 heavy (non-hydrogen) atoms. The molecule has 4 nitrogen and oxygen atoms in total. The number of amides is 1. The van der Waals surface area contributed by atoms with Crippen LogP contribution in [0.3, 0.4) is 0 Å². The highest BCUT2D eigenvalue weighted by molar-refractivity contribution is 8.18. The van der Waals surface area contributed by atoms with Crippen molar-refractivity contribution in [2.45, 2.75) is 6.92 Å². The number of anilines is 1. The largest absolute Gasteiger partial charge is 0.368 e. The van der Waals surface area contributed by atoms with E-state index in [0.29, 0.717) is 9.93 Å². The number of rotatable bonds is 2. The van der Waals surface area contributed by atoms with Crippen molar-refractivity contribution in [1.29, 1.82) is 0 Å². The quantitative estimate of drug-likeness (QED) is 0.702. The van der Waals surface area contributed by atoms with Gasteiger partial charge in [0, 0.05) is 36.9 Å². The fraction of sp³-hybridized carbons (Fsp3) is 0.238. The summed E-state index contributed by atoms with van der Waals surface area (Å²) in [6, 6.07) is 16.1. The zero-order chi connectivity index (χ0) is 18.8.